The van der Waals surface area contributed by atoms with Crippen LogP contribution in [0.4, 0.5) is 0 Å². The summed E-state index contributed by atoms with van der Waals surface area (Å²) in [5.74, 6) is -0.660. The van der Waals surface area contributed by atoms with Crippen molar-refractivity contribution in [3.63, 3.8) is 0 Å². The van der Waals surface area contributed by atoms with Crippen LogP contribution in [-0.2, 0) is 16.1 Å². The monoisotopic (exact) mass is 328 g/mol. The minimum Gasteiger partial charge on any atom is -0.481 e. The zero-order valence-electron chi connectivity index (χ0n) is 11.1. The molecule has 3 rings (SSSR count). The number of halogens is 1. The van der Waals surface area contributed by atoms with E-state index in [0.717, 1.165) is 0 Å². The molecule has 0 bridgehead atoms. The lowest BCUT2D eigenvalue weighted by atomic mass is 9.87. The zero-order valence-corrected chi connectivity index (χ0v) is 12.7. The van der Waals surface area contributed by atoms with E-state index in [2.05, 4.69) is 0 Å². The summed E-state index contributed by atoms with van der Waals surface area (Å²) >= 11 is 7.37. The quantitative estimate of drug-likeness (QED) is 0.599. The number of carboxylic acids is 1. The number of aromatic nitrogens is 1. The van der Waals surface area contributed by atoms with Crippen LogP contribution in [0.15, 0.2) is 24.5 Å². The molecule has 1 aromatic heterocycles. The standard InChI is InChI=1S/C13H14ClN3O3S/c14-8-2-1-3-16(4-8)5-13(12(19)20)6-17-10(18)9(15)11(17)21-7-13/h1-4,9,11H,5-7,15H2/p+1/t9?,11-,13?/m1/s1. The molecule has 1 amide bonds. The van der Waals surface area contributed by atoms with Crippen molar-refractivity contribution in [3.8, 4) is 0 Å². The number of aliphatic carboxylic acids is 1. The summed E-state index contributed by atoms with van der Waals surface area (Å²) in [6, 6.07) is 3.00. The number of hydrogen-bond acceptors (Lipinski definition) is 4. The Kier molecular flexibility index (Phi) is 3.59. The molecule has 2 aliphatic rings. The molecule has 2 aliphatic heterocycles. The first-order chi connectivity index (χ1) is 9.93. The summed E-state index contributed by atoms with van der Waals surface area (Å²) < 4.78 is 1.75. The molecule has 112 valence electrons. The van der Waals surface area contributed by atoms with Crippen molar-refractivity contribution in [2.24, 2.45) is 11.1 Å². The molecule has 0 aromatic carbocycles. The number of hydrogen-bond donors (Lipinski definition) is 2. The molecule has 3 heterocycles. The minimum absolute atomic E-state index is 0.0886. The van der Waals surface area contributed by atoms with E-state index in [-0.39, 0.29) is 24.4 Å². The highest BCUT2D eigenvalue weighted by Crippen LogP contribution is 2.41. The SMILES string of the molecule is NC1C(=O)N2CC(C[n+]3cccc(Cl)c3)(C(=O)O)CS[C@H]12. The largest absolute Gasteiger partial charge is 0.481 e. The molecule has 2 saturated heterocycles. The molecule has 1 aromatic rings. The van der Waals surface area contributed by atoms with Gasteiger partial charge in [-0.15, -0.1) is 11.8 Å². The van der Waals surface area contributed by atoms with E-state index in [1.807, 2.05) is 0 Å². The lowest BCUT2D eigenvalue weighted by molar-refractivity contribution is -0.706. The Morgan fingerprint density at radius 3 is 3.10 bits per heavy atom. The first-order valence-electron chi connectivity index (χ1n) is 6.49. The number of nitrogens with zero attached hydrogens (tertiary/aromatic N) is 2. The van der Waals surface area contributed by atoms with Gasteiger partial charge in [0, 0.05) is 18.4 Å². The number of carboxylic acid groups (broad SMARTS) is 1. The van der Waals surface area contributed by atoms with Gasteiger partial charge in [0.1, 0.15) is 16.4 Å². The van der Waals surface area contributed by atoms with Crippen molar-refractivity contribution in [1.82, 2.24) is 4.90 Å². The van der Waals surface area contributed by atoms with Crippen molar-refractivity contribution in [1.29, 1.82) is 0 Å². The molecular formula is C13H15ClN3O3S+. The molecule has 2 unspecified atom stereocenters. The summed E-state index contributed by atoms with van der Waals surface area (Å²) in [6.07, 6.45) is 3.46. The van der Waals surface area contributed by atoms with Gasteiger partial charge >= 0.3 is 5.97 Å². The van der Waals surface area contributed by atoms with Crippen molar-refractivity contribution >= 4 is 35.2 Å². The highest BCUT2D eigenvalue weighted by atomic mass is 35.5. The molecule has 3 N–H and O–H groups in total. The Hall–Kier alpha value is -1.31. The number of pyridine rings is 1. The Balaban J connectivity index is 1.84. The maximum Gasteiger partial charge on any atom is 0.318 e. The zero-order chi connectivity index (χ0) is 15.2. The van der Waals surface area contributed by atoms with Gasteiger partial charge in [-0.3, -0.25) is 9.59 Å². The van der Waals surface area contributed by atoms with E-state index in [1.54, 1.807) is 34.0 Å². The fraction of sp³-hybridized carbons (Fsp3) is 0.462. The third kappa shape index (κ3) is 2.39. The van der Waals surface area contributed by atoms with Crippen molar-refractivity contribution in [2.75, 3.05) is 12.3 Å². The second-order valence-electron chi connectivity index (χ2n) is 5.47. The van der Waals surface area contributed by atoms with Crippen LogP contribution in [0.25, 0.3) is 0 Å². The van der Waals surface area contributed by atoms with Gasteiger partial charge in [-0.2, -0.15) is 0 Å². The second kappa shape index (κ2) is 5.15. The van der Waals surface area contributed by atoms with Crippen LogP contribution in [-0.4, -0.2) is 45.6 Å². The summed E-state index contributed by atoms with van der Waals surface area (Å²) in [7, 11) is 0. The first kappa shape index (κ1) is 14.6. The third-order valence-electron chi connectivity index (χ3n) is 3.95. The van der Waals surface area contributed by atoms with Crippen molar-refractivity contribution in [2.45, 2.75) is 18.0 Å². The summed E-state index contributed by atoms with van der Waals surface area (Å²) in [5.41, 5.74) is 4.71. The summed E-state index contributed by atoms with van der Waals surface area (Å²) in [4.78, 5) is 25.1. The van der Waals surface area contributed by atoms with E-state index >= 15 is 0 Å². The van der Waals surface area contributed by atoms with Gasteiger partial charge in [0.05, 0.1) is 0 Å². The third-order valence-corrected chi connectivity index (χ3v) is 5.78. The minimum atomic E-state index is -1.02. The lowest BCUT2D eigenvalue weighted by Gasteiger charge is -2.51. The maximum atomic E-state index is 11.8. The molecule has 0 spiro atoms. The van der Waals surface area contributed by atoms with Gasteiger partial charge in [-0.05, 0) is 6.07 Å². The predicted molar refractivity (Wildman–Crippen MR) is 77.7 cm³/mol. The normalized spacial score (nSPS) is 31.5. The number of carbonyl (C=O) groups excluding carboxylic acids is 1. The summed E-state index contributed by atoms with van der Waals surface area (Å²) in [5, 5.41) is 10.1. The van der Waals surface area contributed by atoms with Gasteiger partial charge in [0.2, 0.25) is 5.91 Å². The van der Waals surface area contributed by atoms with Crippen molar-refractivity contribution in [3.05, 3.63) is 29.5 Å². The first-order valence-corrected chi connectivity index (χ1v) is 7.91. The molecule has 0 aliphatic carbocycles. The maximum absolute atomic E-state index is 11.8. The van der Waals surface area contributed by atoms with Crippen LogP contribution >= 0.6 is 23.4 Å². The highest BCUT2D eigenvalue weighted by Gasteiger charge is 2.57. The lowest BCUT2D eigenvalue weighted by Crippen LogP contribution is -2.73. The van der Waals surface area contributed by atoms with E-state index < -0.39 is 17.4 Å². The number of carbonyl (C=O) groups is 2. The topological polar surface area (TPSA) is 87.5 Å². The predicted octanol–water partition coefficient (Wildman–Crippen LogP) is -0.0591. The average Bonchev–Trinajstić information content (AvgIpc) is 2.46. The molecule has 6 nitrogen and oxygen atoms in total. The van der Waals surface area contributed by atoms with Crippen LogP contribution < -0.4 is 10.3 Å². The van der Waals surface area contributed by atoms with Gasteiger partial charge in [0.25, 0.3) is 0 Å². The number of fused-ring (bicyclic) bond motifs is 1. The number of amides is 1. The fourth-order valence-electron chi connectivity index (χ4n) is 2.76. The molecule has 0 saturated carbocycles. The molecule has 2 fully saturated rings. The number of β-lactam (4-membered cyclic amide) rings is 1. The smallest absolute Gasteiger partial charge is 0.318 e. The van der Waals surface area contributed by atoms with Crippen LogP contribution in [0.3, 0.4) is 0 Å². The van der Waals surface area contributed by atoms with Crippen LogP contribution in [0, 0.1) is 5.41 Å². The van der Waals surface area contributed by atoms with Crippen LogP contribution in [0.2, 0.25) is 5.02 Å². The van der Waals surface area contributed by atoms with E-state index in [0.29, 0.717) is 10.8 Å². The average molecular weight is 329 g/mol. The van der Waals surface area contributed by atoms with Crippen LogP contribution in [0.5, 0.6) is 0 Å². The van der Waals surface area contributed by atoms with E-state index in [9.17, 15) is 14.7 Å². The number of thioether (sulfide) groups is 1. The van der Waals surface area contributed by atoms with Crippen molar-refractivity contribution < 1.29 is 19.3 Å². The Morgan fingerprint density at radius 2 is 2.43 bits per heavy atom. The number of nitrogens with two attached hydrogens (primary N) is 1. The molecule has 8 heteroatoms. The van der Waals surface area contributed by atoms with Crippen LogP contribution in [0.1, 0.15) is 0 Å². The second-order valence-corrected chi connectivity index (χ2v) is 7.01. The number of rotatable bonds is 3. The molecule has 3 atom stereocenters. The fourth-order valence-corrected chi connectivity index (χ4v) is 4.44. The Labute approximate surface area is 130 Å². The van der Waals surface area contributed by atoms with Gasteiger partial charge in [0.15, 0.2) is 24.4 Å². The van der Waals surface area contributed by atoms with Gasteiger partial charge in [-0.1, -0.05) is 11.6 Å². The highest BCUT2D eigenvalue weighted by molar-refractivity contribution is 8.00. The molecular weight excluding hydrogens is 314 g/mol. The molecule has 21 heavy (non-hydrogen) atoms. The van der Waals surface area contributed by atoms with E-state index in [4.69, 9.17) is 17.3 Å². The van der Waals surface area contributed by atoms with E-state index in [1.165, 1.54) is 11.8 Å². The van der Waals surface area contributed by atoms with Gasteiger partial charge in [-0.25, -0.2) is 4.57 Å². The summed E-state index contributed by atoms with van der Waals surface area (Å²) in [6.45, 7) is 0.452. The van der Waals surface area contributed by atoms with Gasteiger partial charge < -0.3 is 15.7 Å². The Morgan fingerprint density at radius 1 is 1.67 bits per heavy atom. The Bertz CT molecular complexity index is 614. The molecule has 0 radical (unpaired) electrons.